The van der Waals surface area contributed by atoms with Crippen LogP contribution in [-0.4, -0.2) is 25.1 Å². The van der Waals surface area contributed by atoms with E-state index in [1.165, 1.54) is 12.7 Å². The molecule has 0 radical (unpaired) electrons. The zero-order valence-corrected chi connectivity index (χ0v) is 16.4. The Hall–Kier alpha value is -3.54. The van der Waals surface area contributed by atoms with E-state index >= 15 is 0 Å². The summed E-state index contributed by atoms with van der Waals surface area (Å²) in [5, 5.41) is 6.12. The molecule has 0 saturated heterocycles. The van der Waals surface area contributed by atoms with Crippen LogP contribution >= 0.6 is 0 Å². The Balaban J connectivity index is 1.69. The number of ether oxygens (including phenoxy) is 2. The third-order valence-corrected chi connectivity index (χ3v) is 4.31. The summed E-state index contributed by atoms with van der Waals surface area (Å²) in [6.07, 6.45) is 1.68. The average Bonchev–Trinajstić information content (AvgIpc) is 2.70. The van der Waals surface area contributed by atoms with Gasteiger partial charge in [0.25, 0.3) is 5.91 Å². The van der Waals surface area contributed by atoms with Gasteiger partial charge in [-0.15, -0.1) is 0 Å². The van der Waals surface area contributed by atoms with Gasteiger partial charge in [-0.3, -0.25) is 4.79 Å². The molecule has 0 aliphatic rings. The standard InChI is InChI=1S/C22H23N3O3/c1-14-5-8-18(15(2)11-14)24-17-7-10-21(23-13-17)25-22(26)16-6-9-19(27-3)20(12-16)28-4/h5-13,24H,1-4H3,(H,23,25,26). The van der Waals surface area contributed by atoms with Gasteiger partial charge in [0.05, 0.1) is 26.1 Å². The number of hydrogen-bond acceptors (Lipinski definition) is 5. The van der Waals surface area contributed by atoms with E-state index in [4.69, 9.17) is 9.47 Å². The molecule has 3 rings (SSSR count). The molecule has 0 saturated carbocycles. The Morgan fingerprint density at radius 1 is 0.929 bits per heavy atom. The molecule has 6 heteroatoms. The second-order valence-electron chi connectivity index (χ2n) is 6.40. The number of aryl methyl sites for hydroxylation is 2. The number of nitrogens with one attached hydrogen (secondary N) is 2. The Kier molecular flexibility index (Phi) is 5.79. The van der Waals surface area contributed by atoms with Crippen LogP contribution in [0.4, 0.5) is 17.2 Å². The summed E-state index contributed by atoms with van der Waals surface area (Å²) in [5.41, 5.74) is 4.70. The average molecular weight is 377 g/mol. The Morgan fingerprint density at radius 3 is 2.36 bits per heavy atom. The summed E-state index contributed by atoms with van der Waals surface area (Å²) in [7, 11) is 3.08. The number of anilines is 3. The lowest BCUT2D eigenvalue weighted by Gasteiger charge is -2.11. The van der Waals surface area contributed by atoms with Gasteiger partial charge in [0.15, 0.2) is 11.5 Å². The molecule has 6 nitrogen and oxygen atoms in total. The molecular weight excluding hydrogens is 354 g/mol. The molecule has 0 spiro atoms. The molecule has 3 aromatic rings. The third kappa shape index (κ3) is 4.40. The highest BCUT2D eigenvalue weighted by molar-refractivity contribution is 6.04. The molecule has 144 valence electrons. The van der Waals surface area contributed by atoms with Gasteiger partial charge in [-0.05, 0) is 55.8 Å². The molecular formula is C22H23N3O3. The van der Waals surface area contributed by atoms with Crippen LogP contribution in [0.15, 0.2) is 54.7 Å². The smallest absolute Gasteiger partial charge is 0.256 e. The van der Waals surface area contributed by atoms with Gasteiger partial charge in [-0.2, -0.15) is 0 Å². The van der Waals surface area contributed by atoms with Crippen LogP contribution in [0.5, 0.6) is 11.5 Å². The van der Waals surface area contributed by atoms with Gasteiger partial charge in [0, 0.05) is 11.3 Å². The highest BCUT2D eigenvalue weighted by Crippen LogP contribution is 2.28. The molecule has 2 aromatic carbocycles. The normalized spacial score (nSPS) is 10.3. The Bertz CT molecular complexity index is 985. The van der Waals surface area contributed by atoms with Crippen LogP contribution < -0.4 is 20.1 Å². The molecule has 0 unspecified atom stereocenters. The largest absolute Gasteiger partial charge is 0.493 e. The van der Waals surface area contributed by atoms with Crippen molar-refractivity contribution in [2.45, 2.75) is 13.8 Å². The maximum Gasteiger partial charge on any atom is 0.256 e. The fourth-order valence-corrected chi connectivity index (χ4v) is 2.82. The van der Waals surface area contributed by atoms with E-state index in [-0.39, 0.29) is 5.91 Å². The van der Waals surface area contributed by atoms with Gasteiger partial charge >= 0.3 is 0 Å². The molecule has 2 N–H and O–H groups in total. The first-order chi connectivity index (χ1) is 13.5. The zero-order valence-electron chi connectivity index (χ0n) is 16.4. The van der Waals surface area contributed by atoms with Crippen molar-refractivity contribution in [2.75, 3.05) is 24.9 Å². The topological polar surface area (TPSA) is 72.5 Å². The monoisotopic (exact) mass is 377 g/mol. The maximum absolute atomic E-state index is 12.5. The van der Waals surface area contributed by atoms with Gasteiger partial charge < -0.3 is 20.1 Å². The number of aromatic nitrogens is 1. The van der Waals surface area contributed by atoms with Crippen LogP contribution in [-0.2, 0) is 0 Å². The summed E-state index contributed by atoms with van der Waals surface area (Å²) < 4.78 is 10.4. The molecule has 1 amide bonds. The Morgan fingerprint density at radius 2 is 1.71 bits per heavy atom. The minimum atomic E-state index is -0.274. The summed E-state index contributed by atoms with van der Waals surface area (Å²) >= 11 is 0. The lowest BCUT2D eigenvalue weighted by molar-refractivity contribution is 0.102. The maximum atomic E-state index is 12.5. The highest BCUT2D eigenvalue weighted by atomic mass is 16.5. The van der Waals surface area contributed by atoms with Crippen molar-refractivity contribution in [3.63, 3.8) is 0 Å². The zero-order chi connectivity index (χ0) is 20.1. The summed E-state index contributed by atoms with van der Waals surface area (Å²) in [5.74, 6) is 1.25. The van der Waals surface area contributed by atoms with Crippen molar-refractivity contribution in [1.29, 1.82) is 0 Å². The van der Waals surface area contributed by atoms with Crippen molar-refractivity contribution in [2.24, 2.45) is 0 Å². The summed E-state index contributed by atoms with van der Waals surface area (Å²) in [4.78, 5) is 16.8. The predicted molar refractivity (Wildman–Crippen MR) is 111 cm³/mol. The number of pyridine rings is 1. The van der Waals surface area contributed by atoms with Crippen molar-refractivity contribution >= 4 is 23.1 Å². The number of carbonyl (C=O) groups is 1. The number of carbonyl (C=O) groups excluding carboxylic acids is 1. The summed E-state index contributed by atoms with van der Waals surface area (Å²) in [6.45, 7) is 4.12. The van der Waals surface area contributed by atoms with E-state index in [2.05, 4.69) is 41.6 Å². The van der Waals surface area contributed by atoms with Crippen molar-refractivity contribution in [3.05, 3.63) is 71.4 Å². The Labute approximate surface area is 164 Å². The highest BCUT2D eigenvalue weighted by Gasteiger charge is 2.11. The number of methoxy groups -OCH3 is 2. The van der Waals surface area contributed by atoms with E-state index in [1.807, 2.05) is 12.1 Å². The van der Waals surface area contributed by atoms with Crippen LogP contribution in [0.25, 0.3) is 0 Å². The molecule has 0 aliphatic heterocycles. The van der Waals surface area contributed by atoms with Gasteiger partial charge in [0.2, 0.25) is 0 Å². The van der Waals surface area contributed by atoms with Crippen LogP contribution in [0.2, 0.25) is 0 Å². The number of rotatable bonds is 6. The molecule has 1 aromatic heterocycles. The predicted octanol–water partition coefficient (Wildman–Crippen LogP) is 4.71. The van der Waals surface area contributed by atoms with Crippen LogP contribution in [0, 0.1) is 13.8 Å². The fraction of sp³-hybridized carbons (Fsp3) is 0.182. The molecule has 0 bridgehead atoms. The number of hydrogen-bond donors (Lipinski definition) is 2. The minimum absolute atomic E-state index is 0.274. The lowest BCUT2D eigenvalue weighted by Crippen LogP contribution is -2.13. The lowest BCUT2D eigenvalue weighted by atomic mass is 10.1. The SMILES string of the molecule is COc1ccc(C(=O)Nc2ccc(Nc3ccc(C)cc3C)cn2)cc1OC. The number of amides is 1. The molecule has 0 fully saturated rings. The van der Waals surface area contributed by atoms with Crippen molar-refractivity contribution in [3.8, 4) is 11.5 Å². The minimum Gasteiger partial charge on any atom is -0.493 e. The third-order valence-electron chi connectivity index (χ3n) is 4.31. The summed E-state index contributed by atoms with van der Waals surface area (Å²) in [6, 6.07) is 14.8. The van der Waals surface area contributed by atoms with Crippen molar-refractivity contribution in [1.82, 2.24) is 4.98 Å². The molecule has 0 atom stereocenters. The first-order valence-corrected chi connectivity index (χ1v) is 8.84. The quantitative estimate of drug-likeness (QED) is 0.651. The molecule has 28 heavy (non-hydrogen) atoms. The first kappa shape index (κ1) is 19.2. The number of nitrogens with zero attached hydrogens (tertiary/aromatic N) is 1. The number of benzene rings is 2. The van der Waals surface area contributed by atoms with Gasteiger partial charge in [0.1, 0.15) is 5.82 Å². The second-order valence-corrected chi connectivity index (χ2v) is 6.40. The molecule has 0 aliphatic carbocycles. The second kappa shape index (κ2) is 8.43. The van der Waals surface area contributed by atoms with E-state index in [0.29, 0.717) is 22.9 Å². The van der Waals surface area contributed by atoms with E-state index < -0.39 is 0 Å². The van der Waals surface area contributed by atoms with Crippen LogP contribution in [0.1, 0.15) is 21.5 Å². The van der Waals surface area contributed by atoms with Crippen LogP contribution in [0.3, 0.4) is 0 Å². The van der Waals surface area contributed by atoms with Gasteiger partial charge in [-0.1, -0.05) is 17.7 Å². The van der Waals surface area contributed by atoms with Crippen molar-refractivity contribution < 1.29 is 14.3 Å². The van der Waals surface area contributed by atoms with E-state index in [0.717, 1.165) is 16.9 Å². The first-order valence-electron chi connectivity index (χ1n) is 8.84. The van der Waals surface area contributed by atoms with E-state index in [1.54, 1.807) is 37.6 Å². The van der Waals surface area contributed by atoms with E-state index in [9.17, 15) is 4.79 Å². The van der Waals surface area contributed by atoms with Gasteiger partial charge in [-0.25, -0.2) is 4.98 Å². The fourth-order valence-electron chi connectivity index (χ4n) is 2.82. The molecule has 1 heterocycles.